The van der Waals surface area contributed by atoms with E-state index >= 15 is 0 Å². The van der Waals surface area contributed by atoms with Crippen LogP contribution in [0, 0.1) is 5.92 Å². The summed E-state index contributed by atoms with van der Waals surface area (Å²) >= 11 is 0. The summed E-state index contributed by atoms with van der Waals surface area (Å²) in [6.07, 6.45) is -1.31. The van der Waals surface area contributed by atoms with Crippen LogP contribution in [0.4, 0.5) is 4.79 Å². The van der Waals surface area contributed by atoms with Gasteiger partial charge in [0.15, 0.2) is 6.10 Å². The third-order valence-corrected chi connectivity index (χ3v) is 5.88. The van der Waals surface area contributed by atoms with Crippen molar-refractivity contribution in [2.75, 3.05) is 20.8 Å². The van der Waals surface area contributed by atoms with Gasteiger partial charge in [0.1, 0.15) is 12.6 Å². The van der Waals surface area contributed by atoms with Crippen molar-refractivity contribution in [3.8, 4) is 11.1 Å². The number of fused-ring (bicyclic) bond motifs is 3. The summed E-state index contributed by atoms with van der Waals surface area (Å²) in [5.74, 6) is -1.29. The highest BCUT2D eigenvalue weighted by molar-refractivity contribution is 5.84. The summed E-state index contributed by atoms with van der Waals surface area (Å²) in [6, 6.07) is 15.3. The summed E-state index contributed by atoms with van der Waals surface area (Å²) in [6.45, 7) is 5.47. The highest BCUT2D eigenvalue weighted by Gasteiger charge is 2.34. The van der Waals surface area contributed by atoms with E-state index in [1.807, 2.05) is 50.2 Å². The molecule has 0 heterocycles. The number of carbonyl (C=O) groups excluding carboxylic acids is 3. The zero-order chi connectivity index (χ0) is 24.1. The van der Waals surface area contributed by atoms with Gasteiger partial charge < -0.3 is 14.2 Å². The molecule has 1 aliphatic rings. The molecule has 0 aliphatic heterocycles. The molecule has 2 aromatic carbocycles. The third-order valence-electron chi connectivity index (χ3n) is 5.88. The van der Waals surface area contributed by atoms with Crippen LogP contribution >= 0.6 is 0 Å². The van der Waals surface area contributed by atoms with Crippen LogP contribution in [0.1, 0.15) is 44.2 Å². The first kappa shape index (κ1) is 24.3. The van der Waals surface area contributed by atoms with Gasteiger partial charge in [0, 0.05) is 13.0 Å². The first-order valence-electron chi connectivity index (χ1n) is 11.1. The van der Waals surface area contributed by atoms with Crippen molar-refractivity contribution in [3.05, 3.63) is 59.7 Å². The van der Waals surface area contributed by atoms with Gasteiger partial charge in [-0.25, -0.2) is 14.4 Å². The van der Waals surface area contributed by atoms with E-state index in [0.717, 1.165) is 22.3 Å². The van der Waals surface area contributed by atoms with Gasteiger partial charge in [-0.05, 0) is 41.5 Å². The molecule has 2 atom stereocenters. The molecule has 0 fully saturated rings. The van der Waals surface area contributed by atoms with Crippen LogP contribution in [0.3, 0.4) is 0 Å². The lowest BCUT2D eigenvalue weighted by Crippen LogP contribution is -2.46. The molecule has 1 amide bonds. The lowest BCUT2D eigenvalue weighted by molar-refractivity contribution is -0.168. The first-order valence-corrected chi connectivity index (χ1v) is 11.1. The predicted molar refractivity (Wildman–Crippen MR) is 124 cm³/mol. The molecule has 0 bridgehead atoms. The quantitative estimate of drug-likeness (QED) is 0.436. The van der Waals surface area contributed by atoms with Gasteiger partial charge in [-0.15, -0.1) is 0 Å². The Labute approximate surface area is 194 Å². The molecule has 0 saturated heterocycles. The summed E-state index contributed by atoms with van der Waals surface area (Å²) in [5, 5.41) is 0. The van der Waals surface area contributed by atoms with Crippen LogP contribution in [-0.2, 0) is 23.8 Å². The third kappa shape index (κ3) is 5.35. The Balaban J connectivity index is 1.71. The lowest BCUT2D eigenvalue weighted by atomic mass is 9.98. The van der Waals surface area contributed by atoms with Gasteiger partial charge in [-0.1, -0.05) is 62.4 Å². The van der Waals surface area contributed by atoms with E-state index in [4.69, 9.17) is 9.47 Å². The van der Waals surface area contributed by atoms with Crippen molar-refractivity contribution in [2.45, 2.75) is 45.3 Å². The maximum atomic E-state index is 12.9. The second-order valence-electron chi connectivity index (χ2n) is 8.66. The number of likely N-dealkylation sites (N-methyl/N-ethyl adjacent to an activating group) is 1. The summed E-state index contributed by atoms with van der Waals surface area (Å²) in [4.78, 5) is 38.6. The van der Waals surface area contributed by atoms with E-state index in [1.165, 1.54) is 26.0 Å². The van der Waals surface area contributed by atoms with E-state index in [0.29, 0.717) is 6.42 Å². The molecule has 0 saturated carbocycles. The highest BCUT2D eigenvalue weighted by atomic mass is 16.6. The number of ether oxygens (including phenoxy) is 3. The molecule has 0 unspecified atom stereocenters. The van der Waals surface area contributed by atoms with E-state index in [2.05, 4.69) is 16.9 Å². The molecular weight excluding hydrogens is 422 g/mol. The Bertz CT molecular complexity index is 972. The molecule has 7 nitrogen and oxygen atoms in total. The minimum atomic E-state index is -1.06. The number of rotatable bonds is 8. The smallest absolute Gasteiger partial charge is 0.410 e. The van der Waals surface area contributed by atoms with Crippen LogP contribution in [0.5, 0.6) is 0 Å². The van der Waals surface area contributed by atoms with Crippen molar-refractivity contribution < 1.29 is 28.6 Å². The van der Waals surface area contributed by atoms with Crippen molar-refractivity contribution >= 4 is 18.0 Å². The summed E-state index contributed by atoms with van der Waals surface area (Å²) in [7, 11) is 2.73. The maximum Gasteiger partial charge on any atom is 0.410 e. The zero-order valence-corrected chi connectivity index (χ0v) is 19.7. The molecule has 0 aromatic heterocycles. The maximum absolute atomic E-state index is 12.9. The topological polar surface area (TPSA) is 82.1 Å². The largest absolute Gasteiger partial charge is 0.466 e. The number of methoxy groups -OCH3 is 1. The molecular formula is C26H31NO6. The second kappa shape index (κ2) is 10.5. The SMILES string of the molecule is COC(=O)[C@@H](C)OC(=O)[C@H](CC(C)C)N(C)C(=O)OCC1c2ccccc2-c2ccccc21. The van der Waals surface area contributed by atoms with E-state index in [9.17, 15) is 14.4 Å². The Hall–Kier alpha value is -3.35. The Morgan fingerprint density at radius 1 is 0.909 bits per heavy atom. The predicted octanol–water partition coefficient (Wildman–Crippen LogP) is 4.39. The fourth-order valence-electron chi connectivity index (χ4n) is 4.15. The molecule has 0 radical (unpaired) electrons. The average Bonchev–Trinajstić information content (AvgIpc) is 3.13. The Morgan fingerprint density at radius 2 is 1.45 bits per heavy atom. The van der Waals surface area contributed by atoms with Crippen molar-refractivity contribution in [1.82, 2.24) is 4.90 Å². The molecule has 2 aromatic rings. The van der Waals surface area contributed by atoms with Crippen LogP contribution < -0.4 is 0 Å². The number of carbonyl (C=O) groups is 3. The minimum Gasteiger partial charge on any atom is -0.466 e. The van der Waals surface area contributed by atoms with Gasteiger partial charge in [-0.2, -0.15) is 0 Å². The second-order valence-corrected chi connectivity index (χ2v) is 8.66. The van der Waals surface area contributed by atoms with Gasteiger partial charge in [0.2, 0.25) is 0 Å². The van der Waals surface area contributed by atoms with Gasteiger partial charge >= 0.3 is 18.0 Å². The molecule has 176 valence electrons. The molecule has 3 rings (SSSR count). The van der Waals surface area contributed by atoms with E-state index < -0.39 is 30.2 Å². The monoisotopic (exact) mass is 453 g/mol. The number of hydrogen-bond donors (Lipinski definition) is 0. The van der Waals surface area contributed by atoms with Crippen molar-refractivity contribution in [1.29, 1.82) is 0 Å². The van der Waals surface area contributed by atoms with Gasteiger partial charge in [0.25, 0.3) is 0 Å². The zero-order valence-electron chi connectivity index (χ0n) is 19.7. The van der Waals surface area contributed by atoms with Crippen molar-refractivity contribution in [3.63, 3.8) is 0 Å². The van der Waals surface area contributed by atoms with Crippen LogP contribution in [0.15, 0.2) is 48.5 Å². The standard InChI is InChI=1S/C26H31NO6/c1-16(2)14-23(25(29)33-17(3)24(28)31-5)27(4)26(30)32-15-22-20-12-8-6-10-18(20)19-11-7-9-13-21(19)22/h6-13,16-17,22-23H,14-15H2,1-5H3/t17-,23+/m1/s1. The number of nitrogens with zero attached hydrogens (tertiary/aromatic N) is 1. The Morgan fingerprint density at radius 3 is 1.97 bits per heavy atom. The van der Waals surface area contributed by atoms with Gasteiger partial charge in [0.05, 0.1) is 7.11 Å². The minimum absolute atomic E-state index is 0.0791. The van der Waals surface area contributed by atoms with Crippen LogP contribution in [-0.4, -0.2) is 55.8 Å². The Kier molecular flexibility index (Phi) is 7.74. The average molecular weight is 454 g/mol. The van der Waals surface area contributed by atoms with Crippen molar-refractivity contribution in [2.24, 2.45) is 5.92 Å². The molecule has 0 N–H and O–H groups in total. The summed E-state index contributed by atoms with van der Waals surface area (Å²) < 4.78 is 15.5. The first-order chi connectivity index (χ1) is 15.7. The fraction of sp³-hybridized carbons (Fsp3) is 0.423. The highest BCUT2D eigenvalue weighted by Crippen LogP contribution is 2.44. The normalized spacial score (nSPS) is 14.1. The number of amides is 1. The fourth-order valence-corrected chi connectivity index (χ4v) is 4.15. The molecule has 1 aliphatic carbocycles. The van der Waals surface area contributed by atoms with Gasteiger partial charge in [-0.3, -0.25) is 4.90 Å². The number of hydrogen-bond acceptors (Lipinski definition) is 6. The summed E-state index contributed by atoms with van der Waals surface area (Å²) in [5.41, 5.74) is 4.50. The molecule has 0 spiro atoms. The van der Waals surface area contributed by atoms with Crippen LogP contribution in [0.25, 0.3) is 11.1 Å². The molecule has 33 heavy (non-hydrogen) atoms. The lowest BCUT2D eigenvalue weighted by Gasteiger charge is -2.28. The van der Waals surface area contributed by atoms with Crippen LogP contribution in [0.2, 0.25) is 0 Å². The van der Waals surface area contributed by atoms with E-state index in [1.54, 1.807) is 0 Å². The number of benzene rings is 2. The van der Waals surface area contributed by atoms with E-state index in [-0.39, 0.29) is 18.4 Å². The molecule has 7 heteroatoms. The number of esters is 2.